The van der Waals surface area contributed by atoms with Gasteiger partial charge in [-0.15, -0.1) is 0 Å². The molecule has 0 aliphatic carbocycles. The number of hydroxylamine groups is 1. The first-order valence-electron chi connectivity index (χ1n) is 6.92. The van der Waals surface area contributed by atoms with Gasteiger partial charge in [0.05, 0.1) is 0 Å². The molecule has 1 N–H and O–H groups in total. The molecule has 0 saturated carbocycles. The number of amides is 1. The number of para-hydroxylation sites is 1. The van der Waals surface area contributed by atoms with Crippen LogP contribution in [0, 0.1) is 13.8 Å². The third-order valence-corrected chi connectivity index (χ3v) is 3.20. The number of nitrogens with one attached hydrogen (secondary N) is 1. The van der Waals surface area contributed by atoms with Crippen molar-refractivity contribution >= 4 is 5.91 Å². The van der Waals surface area contributed by atoms with E-state index in [0.717, 1.165) is 36.1 Å². The molecule has 1 aliphatic rings. The molecule has 1 fully saturated rings. The Morgan fingerprint density at radius 1 is 1.35 bits per heavy atom. The Hall–Kier alpha value is -1.59. The van der Waals surface area contributed by atoms with Crippen molar-refractivity contribution in [3.63, 3.8) is 0 Å². The molecule has 1 aromatic rings. The highest BCUT2D eigenvalue weighted by Crippen LogP contribution is 2.22. The highest BCUT2D eigenvalue weighted by Gasteiger charge is 2.16. The van der Waals surface area contributed by atoms with Crippen molar-refractivity contribution < 1.29 is 19.1 Å². The van der Waals surface area contributed by atoms with Gasteiger partial charge in [-0.25, -0.2) is 10.3 Å². The molecule has 0 aromatic heterocycles. The van der Waals surface area contributed by atoms with Crippen molar-refractivity contribution in [1.82, 2.24) is 5.48 Å². The van der Waals surface area contributed by atoms with E-state index in [2.05, 4.69) is 5.48 Å². The van der Waals surface area contributed by atoms with Crippen LogP contribution in [0.1, 0.15) is 30.4 Å². The summed E-state index contributed by atoms with van der Waals surface area (Å²) in [6, 6.07) is 5.86. The second-order valence-electron chi connectivity index (χ2n) is 4.95. The molecule has 1 heterocycles. The Morgan fingerprint density at radius 2 is 2.10 bits per heavy atom. The third-order valence-electron chi connectivity index (χ3n) is 3.20. The van der Waals surface area contributed by atoms with Crippen LogP contribution >= 0.6 is 0 Å². The third kappa shape index (κ3) is 4.21. The van der Waals surface area contributed by atoms with Crippen LogP contribution in [-0.4, -0.2) is 25.4 Å². The largest absolute Gasteiger partial charge is 0.483 e. The van der Waals surface area contributed by atoms with Crippen LogP contribution in [0.2, 0.25) is 0 Å². The molecular weight excluding hydrogens is 258 g/mol. The van der Waals surface area contributed by atoms with Crippen molar-refractivity contribution in [2.75, 3.05) is 13.2 Å². The molecule has 1 atom stereocenters. The highest BCUT2D eigenvalue weighted by molar-refractivity contribution is 5.76. The molecule has 0 spiro atoms. The van der Waals surface area contributed by atoms with E-state index >= 15 is 0 Å². The van der Waals surface area contributed by atoms with Gasteiger partial charge in [-0.3, -0.25) is 4.79 Å². The van der Waals surface area contributed by atoms with Crippen LogP contribution in [0.15, 0.2) is 18.2 Å². The molecule has 2 rings (SSSR count). The molecule has 1 aromatic carbocycles. The number of carbonyl (C=O) groups is 1. The monoisotopic (exact) mass is 279 g/mol. The molecule has 1 saturated heterocycles. The smallest absolute Gasteiger partial charge is 0.281 e. The first-order chi connectivity index (χ1) is 9.66. The van der Waals surface area contributed by atoms with Crippen molar-refractivity contribution in [3.05, 3.63) is 29.3 Å². The van der Waals surface area contributed by atoms with Crippen LogP contribution in [0.4, 0.5) is 0 Å². The van der Waals surface area contributed by atoms with Crippen LogP contribution in [0.5, 0.6) is 5.75 Å². The summed E-state index contributed by atoms with van der Waals surface area (Å²) >= 11 is 0. The fourth-order valence-corrected chi connectivity index (χ4v) is 2.13. The minimum atomic E-state index is -0.340. The van der Waals surface area contributed by atoms with Gasteiger partial charge in [-0.2, -0.15) is 0 Å². The Morgan fingerprint density at radius 3 is 2.75 bits per heavy atom. The van der Waals surface area contributed by atoms with Crippen molar-refractivity contribution in [2.45, 2.75) is 39.4 Å². The fraction of sp³-hybridized carbons (Fsp3) is 0.533. The van der Waals surface area contributed by atoms with Crippen molar-refractivity contribution in [2.24, 2.45) is 0 Å². The van der Waals surface area contributed by atoms with Gasteiger partial charge in [0.15, 0.2) is 12.9 Å². The summed E-state index contributed by atoms with van der Waals surface area (Å²) in [5.41, 5.74) is 4.39. The molecule has 5 nitrogen and oxygen atoms in total. The van der Waals surface area contributed by atoms with Gasteiger partial charge < -0.3 is 9.47 Å². The lowest BCUT2D eigenvalue weighted by molar-refractivity contribution is -0.201. The number of benzene rings is 1. The maximum atomic E-state index is 11.7. The molecule has 0 bridgehead atoms. The summed E-state index contributed by atoms with van der Waals surface area (Å²) in [7, 11) is 0. The fourth-order valence-electron chi connectivity index (χ4n) is 2.13. The lowest BCUT2D eigenvalue weighted by Gasteiger charge is -2.22. The highest BCUT2D eigenvalue weighted by atomic mass is 16.8. The van der Waals surface area contributed by atoms with Crippen molar-refractivity contribution in [3.8, 4) is 5.75 Å². The summed E-state index contributed by atoms with van der Waals surface area (Å²) in [5.74, 6) is 0.429. The topological polar surface area (TPSA) is 56.8 Å². The minimum Gasteiger partial charge on any atom is -0.483 e. The number of carbonyl (C=O) groups excluding carboxylic acids is 1. The molecule has 5 heteroatoms. The molecular formula is C15H21NO4. The molecule has 0 unspecified atom stereocenters. The second-order valence-corrected chi connectivity index (χ2v) is 4.95. The van der Waals surface area contributed by atoms with Crippen LogP contribution in [0.3, 0.4) is 0 Å². The van der Waals surface area contributed by atoms with Gasteiger partial charge >= 0.3 is 0 Å². The number of hydrogen-bond acceptors (Lipinski definition) is 4. The zero-order valence-corrected chi connectivity index (χ0v) is 12.0. The van der Waals surface area contributed by atoms with Crippen LogP contribution < -0.4 is 10.2 Å². The number of ether oxygens (including phenoxy) is 2. The summed E-state index contributed by atoms with van der Waals surface area (Å²) in [5, 5.41) is 0. The van der Waals surface area contributed by atoms with E-state index in [1.807, 2.05) is 32.0 Å². The van der Waals surface area contributed by atoms with E-state index in [-0.39, 0.29) is 18.8 Å². The van der Waals surface area contributed by atoms with E-state index in [0.29, 0.717) is 6.61 Å². The van der Waals surface area contributed by atoms with Gasteiger partial charge in [0, 0.05) is 13.0 Å². The number of rotatable bonds is 5. The molecule has 20 heavy (non-hydrogen) atoms. The summed E-state index contributed by atoms with van der Waals surface area (Å²) in [6.45, 7) is 4.51. The molecule has 1 amide bonds. The first kappa shape index (κ1) is 14.8. The summed E-state index contributed by atoms with van der Waals surface area (Å²) in [6.07, 6.45) is 2.56. The van der Waals surface area contributed by atoms with Gasteiger partial charge in [0.1, 0.15) is 5.75 Å². The van der Waals surface area contributed by atoms with Gasteiger partial charge in [-0.1, -0.05) is 18.2 Å². The Balaban J connectivity index is 1.74. The zero-order valence-electron chi connectivity index (χ0n) is 12.0. The van der Waals surface area contributed by atoms with E-state index in [9.17, 15) is 4.79 Å². The van der Waals surface area contributed by atoms with E-state index in [4.69, 9.17) is 14.3 Å². The lowest BCUT2D eigenvalue weighted by atomic mass is 10.1. The average Bonchev–Trinajstić information content (AvgIpc) is 2.46. The minimum absolute atomic E-state index is 0.0710. The molecule has 110 valence electrons. The van der Waals surface area contributed by atoms with Gasteiger partial charge in [0.2, 0.25) is 0 Å². The van der Waals surface area contributed by atoms with E-state index in [1.54, 1.807) is 0 Å². The van der Waals surface area contributed by atoms with Crippen LogP contribution in [0.25, 0.3) is 0 Å². The first-order valence-corrected chi connectivity index (χ1v) is 6.92. The van der Waals surface area contributed by atoms with Gasteiger partial charge in [-0.05, 0) is 37.8 Å². The summed E-state index contributed by atoms with van der Waals surface area (Å²) < 4.78 is 10.9. The average molecular weight is 279 g/mol. The van der Waals surface area contributed by atoms with Gasteiger partial charge in [0.25, 0.3) is 5.91 Å². The Kier molecular flexibility index (Phi) is 5.38. The SMILES string of the molecule is Cc1cccc(C)c1OCC(=O)NO[C@@H]1CCCCO1. The Bertz CT molecular complexity index is 435. The predicted octanol–water partition coefficient (Wildman–Crippen LogP) is 2.26. The van der Waals surface area contributed by atoms with Crippen molar-refractivity contribution in [1.29, 1.82) is 0 Å². The number of aryl methyl sites for hydroxylation is 2. The number of hydrogen-bond donors (Lipinski definition) is 1. The maximum Gasteiger partial charge on any atom is 0.281 e. The quantitative estimate of drug-likeness (QED) is 0.840. The normalized spacial score (nSPS) is 18.6. The zero-order chi connectivity index (χ0) is 14.4. The van der Waals surface area contributed by atoms with Crippen LogP contribution in [-0.2, 0) is 14.4 Å². The molecule has 1 aliphatic heterocycles. The maximum absolute atomic E-state index is 11.7. The Labute approximate surface area is 119 Å². The lowest BCUT2D eigenvalue weighted by Crippen LogP contribution is -2.35. The van der Waals surface area contributed by atoms with E-state index in [1.165, 1.54) is 0 Å². The standard InChI is InChI=1S/C15H21NO4/c1-11-6-5-7-12(2)15(11)19-10-13(17)16-20-14-8-3-4-9-18-14/h5-7,14H,3-4,8-10H2,1-2H3,(H,16,17)/t14-/m1/s1. The second kappa shape index (κ2) is 7.26. The molecule has 0 radical (unpaired) electrons. The van der Waals surface area contributed by atoms with E-state index < -0.39 is 0 Å². The summed E-state index contributed by atoms with van der Waals surface area (Å²) in [4.78, 5) is 16.9. The predicted molar refractivity (Wildman–Crippen MR) is 74.2 cm³/mol.